The van der Waals surface area contributed by atoms with Crippen molar-refractivity contribution < 1.29 is 13.2 Å². The van der Waals surface area contributed by atoms with Gasteiger partial charge in [0.05, 0.1) is 4.90 Å². The largest absolute Gasteiger partial charge is 0.336 e. The van der Waals surface area contributed by atoms with Gasteiger partial charge in [-0.15, -0.1) is 0 Å². The van der Waals surface area contributed by atoms with Crippen molar-refractivity contribution in [3.63, 3.8) is 0 Å². The normalized spacial score (nSPS) is 15.4. The fourth-order valence-corrected chi connectivity index (χ4v) is 6.31. The van der Waals surface area contributed by atoms with E-state index in [1.807, 2.05) is 57.2 Å². The maximum absolute atomic E-state index is 13.3. The van der Waals surface area contributed by atoms with Gasteiger partial charge in [-0.1, -0.05) is 43.7 Å². The molecule has 0 N–H and O–H groups in total. The highest BCUT2D eigenvalue weighted by molar-refractivity contribution is 7.89. The van der Waals surface area contributed by atoms with Gasteiger partial charge >= 0.3 is 0 Å². The molecule has 1 heterocycles. The minimum absolute atomic E-state index is 0.0425. The van der Waals surface area contributed by atoms with Gasteiger partial charge in [-0.25, -0.2) is 8.42 Å². The average Bonchev–Trinajstić information content (AvgIpc) is 2.76. The third-order valence-electron chi connectivity index (χ3n) is 6.23. The van der Waals surface area contributed by atoms with Crippen LogP contribution in [0, 0.1) is 20.8 Å². The molecule has 1 aliphatic rings. The highest BCUT2D eigenvalue weighted by Crippen LogP contribution is 2.26. The SMILES string of the molecule is CCN(CC)Cc1ccc(C(=O)N2CCN(S(=O)(=O)c3c(C)cc(C)cc3C)CC2)cc1. The van der Waals surface area contributed by atoms with E-state index >= 15 is 0 Å². The van der Waals surface area contributed by atoms with Crippen molar-refractivity contribution in [2.24, 2.45) is 0 Å². The van der Waals surface area contributed by atoms with Crippen molar-refractivity contribution in [2.75, 3.05) is 39.3 Å². The maximum atomic E-state index is 13.3. The lowest BCUT2D eigenvalue weighted by Gasteiger charge is -2.34. The molecule has 6 nitrogen and oxygen atoms in total. The minimum Gasteiger partial charge on any atom is -0.336 e. The quantitative estimate of drug-likeness (QED) is 0.637. The summed E-state index contributed by atoms with van der Waals surface area (Å²) in [5.41, 5.74) is 4.42. The molecule has 7 heteroatoms. The minimum atomic E-state index is -3.59. The predicted molar refractivity (Wildman–Crippen MR) is 128 cm³/mol. The molecule has 2 aromatic rings. The summed E-state index contributed by atoms with van der Waals surface area (Å²) in [6, 6.07) is 11.6. The molecule has 0 saturated carbocycles. The number of hydrogen-bond donors (Lipinski definition) is 0. The van der Waals surface area contributed by atoms with Crippen molar-refractivity contribution >= 4 is 15.9 Å². The van der Waals surface area contributed by atoms with E-state index < -0.39 is 10.0 Å². The molecule has 2 aromatic carbocycles. The van der Waals surface area contributed by atoms with Crippen LogP contribution in [0.2, 0.25) is 0 Å². The molecule has 32 heavy (non-hydrogen) atoms. The first-order valence-electron chi connectivity index (χ1n) is 11.4. The van der Waals surface area contributed by atoms with Gasteiger partial charge in [0.1, 0.15) is 0 Å². The number of amides is 1. The lowest BCUT2D eigenvalue weighted by atomic mass is 10.1. The van der Waals surface area contributed by atoms with Gasteiger partial charge in [0, 0.05) is 38.3 Å². The van der Waals surface area contributed by atoms with Crippen molar-refractivity contribution in [1.82, 2.24) is 14.1 Å². The summed E-state index contributed by atoms with van der Waals surface area (Å²) < 4.78 is 28.1. The van der Waals surface area contributed by atoms with Crippen LogP contribution in [0.25, 0.3) is 0 Å². The van der Waals surface area contributed by atoms with E-state index in [1.165, 1.54) is 9.87 Å². The molecule has 1 fully saturated rings. The molecular weight excluding hydrogens is 422 g/mol. The molecule has 1 aliphatic heterocycles. The van der Waals surface area contributed by atoms with Crippen LogP contribution in [0.3, 0.4) is 0 Å². The van der Waals surface area contributed by atoms with Crippen LogP contribution in [0.15, 0.2) is 41.3 Å². The van der Waals surface area contributed by atoms with E-state index in [2.05, 4.69) is 18.7 Å². The topological polar surface area (TPSA) is 60.9 Å². The number of hydrogen-bond acceptors (Lipinski definition) is 4. The Labute approximate surface area is 192 Å². The summed E-state index contributed by atoms with van der Waals surface area (Å²) in [5, 5.41) is 0. The maximum Gasteiger partial charge on any atom is 0.253 e. The molecule has 0 atom stereocenters. The molecule has 0 aliphatic carbocycles. The highest BCUT2D eigenvalue weighted by Gasteiger charge is 2.32. The van der Waals surface area contributed by atoms with Gasteiger partial charge in [0.2, 0.25) is 10.0 Å². The fourth-order valence-electron chi connectivity index (χ4n) is 4.48. The van der Waals surface area contributed by atoms with Crippen LogP contribution in [0.4, 0.5) is 0 Å². The zero-order valence-corrected chi connectivity index (χ0v) is 20.7. The Morgan fingerprint density at radius 3 is 1.94 bits per heavy atom. The van der Waals surface area contributed by atoms with E-state index in [4.69, 9.17) is 0 Å². The number of nitrogens with zero attached hydrogens (tertiary/aromatic N) is 3. The van der Waals surface area contributed by atoms with Crippen LogP contribution in [-0.2, 0) is 16.6 Å². The van der Waals surface area contributed by atoms with Crippen LogP contribution in [0.5, 0.6) is 0 Å². The Bertz CT molecular complexity index is 1030. The smallest absolute Gasteiger partial charge is 0.253 e. The van der Waals surface area contributed by atoms with E-state index in [-0.39, 0.29) is 5.91 Å². The van der Waals surface area contributed by atoms with E-state index in [9.17, 15) is 13.2 Å². The molecule has 3 rings (SSSR count). The Morgan fingerprint density at radius 1 is 0.906 bits per heavy atom. The zero-order valence-electron chi connectivity index (χ0n) is 19.9. The molecular formula is C25H35N3O3S. The first kappa shape index (κ1) is 24.4. The monoisotopic (exact) mass is 457 g/mol. The summed E-state index contributed by atoms with van der Waals surface area (Å²) in [7, 11) is -3.59. The summed E-state index contributed by atoms with van der Waals surface area (Å²) >= 11 is 0. The Kier molecular flexibility index (Phi) is 7.75. The van der Waals surface area contributed by atoms with Crippen LogP contribution in [0.1, 0.15) is 46.5 Å². The lowest BCUT2D eigenvalue weighted by molar-refractivity contribution is 0.0698. The molecule has 0 bridgehead atoms. The second-order valence-corrected chi connectivity index (χ2v) is 10.5. The fraction of sp³-hybridized carbons (Fsp3) is 0.480. The summed E-state index contributed by atoms with van der Waals surface area (Å²) in [6.07, 6.45) is 0. The summed E-state index contributed by atoms with van der Waals surface area (Å²) in [5.74, 6) is -0.0425. The van der Waals surface area contributed by atoms with Gasteiger partial charge in [0.15, 0.2) is 0 Å². The summed E-state index contributed by atoms with van der Waals surface area (Å²) in [4.78, 5) is 17.4. The second-order valence-electron chi connectivity index (χ2n) is 8.58. The number of sulfonamides is 1. The second kappa shape index (κ2) is 10.1. The number of aryl methyl sites for hydroxylation is 3. The first-order valence-corrected chi connectivity index (χ1v) is 12.8. The van der Waals surface area contributed by atoms with Crippen LogP contribution in [-0.4, -0.2) is 67.7 Å². The van der Waals surface area contributed by atoms with Crippen molar-refractivity contribution in [2.45, 2.75) is 46.1 Å². The van der Waals surface area contributed by atoms with E-state index in [1.54, 1.807) is 4.90 Å². The Morgan fingerprint density at radius 2 is 1.44 bits per heavy atom. The Balaban J connectivity index is 1.66. The first-order chi connectivity index (χ1) is 15.2. The highest BCUT2D eigenvalue weighted by atomic mass is 32.2. The number of benzene rings is 2. The van der Waals surface area contributed by atoms with Gasteiger partial charge in [-0.2, -0.15) is 4.31 Å². The molecule has 1 amide bonds. The molecule has 0 unspecified atom stereocenters. The number of rotatable bonds is 7. The predicted octanol–water partition coefficient (Wildman–Crippen LogP) is 3.60. The number of piperazine rings is 1. The molecule has 0 spiro atoms. The van der Waals surface area contributed by atoms with Crippen molar-refractivity contribution in [1.29, 1.82) is 0 Å². The Hall–Kier alpha value is -2.22. The van der Waals surface area contributed by atoms with Gasteiger partial charge < -0.3 is 4.90 Å². The van der Waals surface area contributed by atoms with Gasteiger partial charge in [0.25, 0.3) is 5.91 Å². The third kappa shape index (κ3) is 5.22. The van der Waals surface area contributed by atoms with Crippen LogP contribution >= 0.6 is 0 Å². The zero-order chi connectivity index (χ0) is 23.5. The van der Waals surface area contributed by atoms with Gasteiger partial charge in [-0.05, 0) is 62.7 Å². The van der Waals surface area contributed by atoms with Crippen molar-refractivity contribution in [3.05, 3.63) is 64.2 Å². The molecule has 0 radical (unpaired) electrons. The standard InChI is InChI=1S/C25H35N3O3S/c1-6-26(7-2)18-22-8-10-23(11-9-22)25(29)27-12-14-28(15-13-27)32(30,31)24-20(4)16-19(3)17-21(24)5/h8-11,16-17H,6-7,12-15,18H2,1-5H3. The summed E-state index contributed by atoms with van der Waals surface area (Å²) in [6.45, 7) is 14.2. The average molecular weight is 458 g/mol. The van der Waals surface area contributed by atoms with E-state index in [0.717, 1.165) is 36.3 Å². The van der Waals surface area contributed by atoms with E-state index in [0.29, 0.717) is 36.6 Å². The molecule has 174 valence electrons. The van der Waals surface area contributed by atoms with Gasteiger partial charge in [-0.3, -0.25) is 9.69 Å². The number of carbonyl (C=O) groups is 1. The van der Waals surface area contributed by atoms with Crippen molar-refractivity contribution in [3.8, 4) is 0 Å². The third-order valence-corrected chi connectivity index (χ3v) is 8.43. The lowest BCUT2D eigenvalue weighted by Crippen LogP contribution is -2.50. The molecule has 0 aromatic heterocycles. The van der Waals surface area contributed by atoms with Crippen LogP contribution < -0.4 is 0 Å². The number of carbonyl (C=O) groups excluding carboxylic acids is 1. The molecule has 1 saturated heterocycles.